The van der Waals surface area contributed by atoms with Crippen LogP contribution in [0, 0.1) is 0 Å². The van der Waals surface area contributed by atoms with Gasteiger partial charge in [0.1, 0.15) is 5.84 Å². The number of anilines is 1. The monoisotopic (exact) mass is 295 g/mol. The second-order valence-corrected chi connectivity index (χ2v) is 4.44. The first-order valence-corrected chi connectivity index (χ1v) is 5.71. The first-order chi connectivity index (χ1) is 8.74. The van der Waals surface area contributed by atoms with Gasteiger partial charge in [-0.15, -0.1) is 0 Å². The zero-order valence-electron chi connectivity index (χ0n) is 10.0. The van der Waals surface area contributed by atoms with Crippen LogP contribution in [0.1, 0.15) is 18.9 Å². The fourth-order valence-electron chi connectivity index (χ4n) is 1.52. The molecule has 0 saturated heterocycles. The van der Waals surface area contributed by atoms with Crippen molar-refractivity contribution in [2.24, 2.45) is 10.9 Å². The van der Waals surface area contributed by atoms with E-state index in [0.29, 0.717) is 0 Å². The van der Waals surface area contributed by atoms with Gasteiger partial charge >= 0.3 is 6.18 Å². The SMILES string of the molecule is CC(CC(N)=NO)Nc1ccc(Cl)c(C(F)(F)F)c1. The number of halogens is 4. The molecule has 0 amide bonds. The Kier molecular flexibility index (Phi) is 4.88. The van der Waals surface area contributed by atoms with Crippen molar-refractivity contribution >= 4 is 23.1 Å². The maximum atomic E-state index is 12.6. The third-order valence-electron chi connectivity index (χ3n) is 2.33. The summed E-state index contributed by atoms with van der Waals surface area (Å²) in [6.45, 7) is 1.69. The number of hydrogen-bond donors (Lipinski definition) is 3. The van der Waals surface area contributed by atoms with Gasteiger partial charge in [-0.05, 0) is 25.1 Å². The normalized spacial score (nSPS) is 14.3. The molecule has 1 atom stereocenters. The first kappa shape index (κ1) is 15.4. The van der Waals surface area contributed by atoms with Crippen molar-refractivity contribution in [1.82, 2.24) is 0 Å². The van der Waals surface area contributed by atoms with E-state index in [1.807, 2.05) is 0 Å². The summed E-state index contributed by atoms with van der Waals surface area (Å²) in [5, 5.41) is 13.7. The minimum Gasteiger partial charge on any atom is -0.409 e. The summed E-state index contributed by atoms with van der Waals surface area (Å²) in [6, 6.07) is 3.23. The number of hydrogen-bond acceptors (Lipinski definition) is 3. The van der Waals surface area contributed by atoms with Gasteiger partial charge in [0.05, 0.1) is 10.6 Å². The summed E-state index contributed by atoms with van der Waals surface area (Å²) in [7, 11) is 0. The van der Waals surface area contributed by atoms with Crippen molar-refractivity contribution in [3.05, 3.63) is 28.8 Å². The van der Waals surface area contributed by atoms with Gasteiger partial charge in [0.15, 0.2) is 0 Å². The summed E-state index contributed by atoms with van der Waals surface area (Å²) in [4.78, 5) is 0. The van der Waals surface area contributed by atoms with Crippen LogP contribution in [0.3, 0.4) is 0 Å². The summed E-state index contributed by atoms with van der Waals surface area (Å²) in [5.74, 6) is -0.00925. The summed E-state index contributed by atoms with van der Waals surface area (Å²) in [6.07, 6.45) is -4.32. The predicted octanol–water partition coefficient (Wildman–Crippen LogP) is 3.30. The van der Waals surface area contributed by atoms with Crippen LogP contribution in [0.25, 0.3) is 0 Å². The van der Waals surface area contributed by atoms with Gasteiger partial charge in [0.25, 0.3) is 0 Å². The zero-order valence-corrected chi connectivity index (χ0v) is 10.8. The molecular weight excluding hydrogens is 283 g/mol. The highest BCUT2D eigenvalue weighted by Crippen LogP contribution is 2.36. The van der Waals surface area contributed by atoms with Crippen LogP contribution in [-0.2, 0) is 6.18 Å². The number of nitrogens with zero attached hydrogens (tertiary/aromatic N) is 1. The van der Waals surface area contributed by atoms with Gasteiger partial charge in [-0.2, -0.15) is 13.2 Å². The Morgan fingerprint density at radius 1 is 1.53 bits per heavy atom. The lowest BCUT2D eigenvalue weighted by molar-refractivity contribution is -0.137. The molecule has 106 valence electrons. The molecule has 1 unspecified atom stereocenters. The third kappa shape index (κ3) is 4.51. The lowest BCUT2D eigenvalue weighted by Crippen LogP contribution is -2.24. The Bertz CT molecular complexity index is 477. The molecule has 0 spiro atoms. The Morgan fingerprint density at radius 2 is 2.16 bits per heavy atom. The quantitative estimate of drug-likeness (QED) is 0.345. The van der Waals surface area contributed by atoms with Gasteiger partial charge in [-0.25, -0.2) is 0 Å². The van der Waals surface area contributed by atoms with E-state index in [-0.39, 0.29) is 29.0 Å². The van der Waals surface area contributed by atoms with Crippen molar-refractivity contribution in [3.63, 3.8) is 0 Å². The highest BCUT2D eigenvalue weighted by atomic mass is 35.5. The molecule has 0 aromatic heterocycles. The minimum atomic E-state index is -4.51. The van der Waals surface area contributed by atoms with E-state index < -0.39 is 11.7 Å². The molecule has 0 bridgehead atoms. The van der Waals surface area contributed by atoms with Gasteiger partial charge in [0.2, 0.25) is 0 Å². The molecule has 4 N–H and O–H groups in total. The molecule has 0 aliphatic heterocycles. The number of amidine groups is 1. The molecule has 1 rings (SSSR count). The Morgan fingerprint density at radius 3 is 2.68 bits per heavy atom. The number of rotatable bonds is 4. The maximum absolute atomic E-state index is 12.6. The number of benzene rings is 1. The molecule has 0 heterocycles. The van der Waals surface area contributed by atoms with E-state index in [4.69, 9.17) is 22.5 Å². The largest absolute Gasteiger partial charge is 0.417 e. The molecule has 0 fully saturated rings. The van der Waals surface area contributed by atoms with E-state index in [9.17, 15) is 13.2 Å². The van der Waals surface area contributed by atoms with Crippen molar-refractivity contribution in [2.75, 3.05) is 5.32 Å². The molecule has 0 radical (unpaired) electrons. The average molecular weight is 296 g/mol. The van der Waals surface area contributed by atoms with E-state index in [0.717, 1.165) is 6.07 Å². The van der Waals surface area contributed by atoms with Crippen LogP contribution in [0.2, 0.25) is 5.02 Å². The number of nitrogens with two attached hydrogens (primary N) is 1. The fraction of sp³-hybridized carbons (Fsp3) is 0.364. The van der Waals surface area contributed by atoms with Gasteiger partial charge < -0.3 is 16.3 Å². The van der Waals surface area contributed by atoms with Crippen LogP contribution < -0.4 is 11.1 Å². The molecule has 0 aliphatic rings. The highest BCUT2D eigenvalue weighted by molar-refractivity contribution is 6.31. The second-order valence-electron chi connectivity index (χ2n) is 4.03. The van der Waals surface area contributed by atoms with E-state index in [1.54, 1.807) is 6.92 Å². The highest BCUT2D eigenvalue weighted by Gasteiger charge is 2.33. The van der Waals surface area contributed by atoms with E-state index in [2.05, 4.69) is 10.5 Å². The lowest BCUT2D eigenvalue weighted by Gasteiger charge is -2.16. The van der Waals surface area contributed by atoms with Crippen molar-refractivity contribution in [1.29, 1.82) is 0 Å². The van der Waals surface area contributed by atoms with Crippen molar-refractivity contribution < 1.29 is 18.4 Å². The standard InChI is InChI=1S/C11H13ClF3N3O/c1-6(4-10(16)18-19)17-7-2-3-9(12)8(5-7)11(13,14)15/h2-3,5-6,17,19H,4H2,1H3,(H2,16,18). The molecule has 1 aromatic rings. The van der Waals surface area contributed by atoms with Crippen LogP contribution in [0.4, 0.5) is 18.9 Å². The molecular formula is C11H13ClF3N3O. The molecule has 19 heavy (non-hydrogen) atoms. The molecule has 8 heteroatoms. The Hall–Kier alpha value is -1.63. The maximum Gasteiger partial charge on any atom is 0.417 e. The van der Waals surface area contributed by atoms with Crippen LogP contribution >= 0.6 is 11.6 Å². The lowest BCUT2D eigenvalue weighted by atomic mass is 10.1. The van der Waals surface area contributed by atoms with Gasteiger partial charge in [0, 0.05) is 18.2 Å². The smallest absolute Gasteiger partial charge is 0.409 e. The first-order valence-electron chi connectivity index (χ1n) is 5.33. The Labute approximate surface area is 113 Å². The molecule has 0 saturated carbocycles. The average Bonchev–Trinajstić information content (AvgIpc) is 2.29. The topological polar surface area (TPSA) is 70.6 Å². The zero-order chi connectivity index (χ0) is 14.6. The fourth-order valence-corrected chi connectivity index (χ4v) is 1.75. The van der Waals surface area contributed by atoms with Gasteiger partial charge in [-0.3, -0.25) is 0 Å². The molecule has 0 aliphatic carbocycles. The Balaban J connectivity index is 2.86. The van der Waals surface area contributed by atoms with Crippen molar-refractivity contribution in [2.45, 2.75) is 25.6 Å². The van der Waals surface area contributed by atoms with Gasteiger partial charge in [-0.1, -0.05) is 16.8 Å². The number of oxime groups is 1. The van der Waals surface area contributed by atoms with E-state index in [1.165, 1.54) is 12.1 Å². The second kappa shape index (κ2) is 6.01. The summed E-state index contributed by atoms with van der Waals surface area (Å²) < 4.78 is 37.9. The number of nitrogens with one attached hydrogen (secondary N) is 1. The third-order valence-corrected chi connectivity index (χ3v) is 2.66. The predicted molar refractivity (Wildman–Crippen MR) is 67.6 cm³/mol. The molecule has 4 nitrogen and oxygen atoms in total. The summed E-state index contributed by atoms with van der Waals surface area (Å²) >= 11 is 5.50. The van der Waals surface area contributed by atoms with Crippen LogP contribution in [0.5, 0.6) is 0 Å². The minimum absolute atomic E-state index is 0.00925. The molecule has 1 aromatic carbocycles. The van der Waals surface area contributed by atoms with E-state index >= 15 is 0 Å². The number of alkyl halides is 3. The van der Waals surface area contributed by atoms with Crippen molar-refractivity contribution in [3.8, 4) is 0 Å². The van der Waals surface area contributed by atoms with Crippen LogP contribution in [-0.4, -0.2) is 17.1 Å². The summed E-state index contributed by atoms with van der Waals surface area (Å²) in [5.41, 5.74) is 4.66. The van der Waals surface area contributed by atoms with Crippen LogP contribution in [0.15, 0.2) is 23.4 Å².